The molecular formula is C14H19F2N. The van der Waals surface area contributed by atoms with Gasteiger partial charge < -0.3 is 5.73 Å². The first kappa shape index (κ1) is 12.5. The summed E-state index contributed by atoms with van der Waals surface area (Å²) < 4.78 is 27.4. The first-order valence-electron chi connectivity index (χ1n) is 6.15. The second-order valence-corrected chi connectivity index (χ2v) is 5.46. The van der Waals surface area contributed by atoms with Gasteiger partial charge in [-0.15, -0.1) is 0 Å². The molecule has 17 heavy (non-hydrogen) atoms. The lowest BCUT2D eigenvalue weighted by Gasteiger charge is -2.31. The first-order valence-corrected chi connectivity index (χ1v) is 6.15. The van der Waals surface area contributed by atoms with Crippen LogP contribution in [-0.4, -0.2) is 0 Å². The Labute approximate surface area is 101 Å². The fourth-order valence-corrected chi connectivity index (χ4v) is 2.77. The van der Waals surface area contributed by atoms with Crippen molar-refractivity contribution >= 4 is 0 Å². The molecular weight excluding hydrogens is 220 g/mol. The van der Waals surface area contributed by atoms with Crippen LogP contribution in [0.5, 0.6) is 0 Å². The Kier molecular flexibility index (Phi) is 3.21. The van der Waals surface area contributed by atoms with Crippen molar-refractivity contribution in [2.24, 2.45) is 11.1 Å². The van der Waals surface area contributed by atoms with Crippen molar-refractivity contribution in [3.8, 4) is 0 Å². The molecule has 1 aliphatic rings. The molecule has 0 radical (unpaired) electrons. The molecule has 0 spiro atoms. The fraction of sp³-hybridized carbons (Fsp3) is 0.571. The van der Waals surface area contributed by atoms with Gasteiger partial charge in [-0.3, -0.25) is 0 Å². The molecule has 0 bridgehead atoms. The molecule has 94 valence electrons. The van der Waals surface area contributed by atoms with Gasteiger partial charge in [-0.05, 0) is 42.9 Å². The summed E-state index contributed by atoms with van der Waals surface area (Å²) >= 11 is 0. The van der Waals surface area contributed by atoms with Gasteiger partial charge in [-0.25, -0.2) is 8.78 Å². The zero-order valence-electron chi connectivity index (χ0n) is 10.4. The minimum Gasteiger partial charge on any atom is -0.323 e. The average molecular weight is 239 g/mol. The molecule has 1 aliphatic carbocycles. The lowest BCUT2D eigenvalue weighted by Crippen LogP contribution is -2.30. The lowest BCUT2D eigenvalue weighted by molar-refractivity contribution is 0.259. The molecule has 1 aromatic carbocycles. The predicted molar refractivity (Wildman–Crippen MR) is 64.6 cm³/mol. The van der Waals surface area contributed by atoms with Crippen LogP contribution in [0.1, 0.15) is 49.8 Å². The first-order chi connectivity index (χ1) is 7.94. The van der Waals surface area contributed by atoms with Crippen LogP contribution in [0.25, 0.3) is 0 Å². The zero-order chi connectivity index (χ0) is 12.6. The Hall–Kier alpha value is -0.960. The van der Waals surface area contributed by atoms with E-state index in [4.69, 9.17) is 5.73 Å². The van der Waals surface area contributed by atoms with Gasteiger partial charge in [0.15, 0.2) is 0 Å². The second-order valence-electron chi connectivity index (χ2n) is 5.46. The maximum atomic E-state index is 13.9. The molecule has 1 saturated carbocycles. The van der Waals surface area contributed by atoms with Crippen LogP contribution >= 0.6 is 0 Å². The SMILES string of the molecule is Cc1cc(F)c(C(N)C2(C)CCCC2)cc1F. The summed E-state index contributed by atoms with van der Waals surface area (Å²) in [5, 5.41) is 0. The van der Waals surface area contributed by atoms with E-state index in [0.29, 0.717) is 11.1 Å². The average Bonchev–Trinajstić information content (AvgIpc) is 2.71. The van der Waals surface area contributed by atoms with Crippen LogP contribution in [0, 0.1) is 24.0 Å². The van der Waals surface area contributed by atoms with Gasteiger partial charge in [0.2, 0.25) is 0 Å². The lowest BCUT2D eigenvalue weighted by atomic mass is 9.77. The van der Waals surface area contributed by atoms with E-state index in [9.17, 15) is 8.78 Å². The van der Waals surface area contributed by atoms with Crippen molar-refractivity contribution in [1.82, 2.24) is 0 Å². The second kappa shape index (κ2) is 4.37. The Morgan fingerprint density at radius 2 is 1.76 bits per heavy atom. The largest absolute Gasteiger partial charge is 0.323 e. The van der Waals surface area contributed by atoms with Crippen LogP contribution in [0.2, 0.25) is 0 Å². The molecule has 0 amide bonds. The van der Waals surface area contributed by atoms with Crippen molar-refractivity contribution in [2.75, 3.05) is 0 Å². The molecule has 1 unspecified atom stereocenters. The van der Waals surface area contributed by atoms with Gasteiger partial charge in [0.1, 0.15) is 11.6 Å². The summed E-state index contributed by atoms with van der Waals surface area (Å²) in [4.78, 5) is 0. The van der Waals surface area contributed by atoms with Gasteiger partial charge in [-0.1, -0.05) is 19.8 Å². The van der Waals surface area contributed by atoms with E-state index in [0.717, 1.165) is 25.7 Å². The maximum absolute atomic E-state index is 13.9. The Balaban J connectivity index is 2.36. The van der Waals surface area contributed by atoms with Crippen LogP contribution < -0.4 is 5.73 Å². The van der Waals surface area contributed by atoms with Crippen molar-refractivity contribution in [2.45, 2.75) is 45.6 Å². The molecule has 3 heteroatoms. The highest BCUT2D eigenvalue weighted by molar-refractivity contribution is 5.29. The number of aryl methyl sites for hydroxylation is 1. The van der Waals surface area contributed by atoms with Crippen LogP contribution in [0.15, 0.2) is 12.1 Å². The molecule has 1 atom stereocenters. The standard InChI is InChI=1S/C14H19F2N/c1-9-7-12(16)10(8-11(9)15)13(17)14(2)5-3-4-6-14/h7-8,13H,3-6,17H2,1-2H3. The highest BCUT2D eigenvalue weighted by atomic mass is 19.1. The highest BCUT2D eigenvalue weighted by Crippen LogP contribution is 2.46. The summed E-state index contributed by atoms with van der Waals surface area (Å²) in [5.74, 6) is -0.761. The van der Waals surface area contributed by atoms with Gasteiger partial charge in [0, 0.05) is 11.6 Å². The van der Waals surface area contributed by atoms with E-state index in [-0.39, 0.29) is 17.0 Å². The summed E-state index contributed by atoms with van der Waals surface area (Å²) in [6, 6.07) is 2.09. The number of halogens is 2. The van der Waals surface area contributed by atoms with Gasteiger partial charge >= 0.3 is 0 Å². The summed E-state index contributed by atoms with van der Waals surface area (Å²) in [6.45, 7) is 3.63. The molecule has 1 aromatic rings. The number of nitrogens with two attached hydrogens (primary N) is 1. The summed E-state index contributed by atoms with van der Waals surface area (Å²) in [6.07, 6.45) is 4.23. The van der Waals surface area contributed by atoms with Crippen LogP contribution in [0.4, 0.5) is 8.78 Å². The Morgan fingerprint density at radius 3 is 2.35 bits per heavy atom. The summed E-state index contributed by atoms with van der Waals surface area (Å²) in [5.41, 5.74) is 6.70. The highest BCUT2D eigenvalue weighted by Gasteiger charge is 2.37. The van der Waals surface area contributed by atoms with Crippen molar-refractivity contribution in [1.29, 1.82) is 0 Å². The third-order valence-corrected chi connectivity index (χ3v) is 4.11. The molecule has 0 heterocycles. The molecule has 2 N–H and O–H groups in total. The molecule has 0 aliphatic heterocycles. The van der Waals surface area contributed by atoms with E-state index < -0.39 is 6.04 Å². The van der Waals surface area contributed by atoms with Crippen molar-refractivity contribution in [3.63, 3.8) is 0 Å². The summed E-state index contributed by atoms with van der Waals surface area (Å²) in [7, 11) is 0. The Morgan fingerprint density at radius 1 is 1.18 bits per heavy atom. The third-order valence-electron chi connectivity index (χ3n) is 4.11. The number of hydrogen-bond acceptors (Lipinski definition) is 1. The minimum absolute atomic E-state index is 0.0947. The fourth-order valence-electron chi connectivity index (χ4n) is 2.77. The maximum Gasteiger partial charge on any atom is 0.128 e. The molecule has 1 nitrogen and oxygen atoms in total. The zero-order valence-corrected chi connectivity index (χ0v) is 10.4. The topological polar surface area (TPSA) is 26.0 Å². The van der Waals surface area contributed by atoms with Crippen molar-refractivity contribution < 1.29 is 8.78 Å². The van der Waals surface area contributed by atoms with Crippen LogP contribution in [0.3, 0.4) is 0 Å². The molecule has 0 aromatic heterocycles. The molecule has 2 rings (SSSR count). The van der Waals surface area contributed by atoms with Crippen molar-refractivity contribution in [3.05, 3.63) is 34.9 Å². The quantitative estimate of drug-likeness (QED) is 0.833. The van der Waals surface area contributed by atoms with Gasteiger partial charge in [0.05, 0.1) is 0 Å². The number of benzene rings is 1. The smallest absolute Gasteiger partial charge is 0.128 e. The Bertz CT molecular complexity index is 422. The van der Waals surface area contributed by atoms with Crippen LogP contribution in [-0.2, 0) is 0 Å². The van der Waals surface area contributed by atoms with E-state index >= 15 is 0 Å². The number of hydrogen-bond donors (Lipinski definition) is 1. The normalized spacial score (nSPS) is 20.5. The predicted octanol–water partition coefficient (Wildman–Crippen LogP) is 3.85. The van der Waals surface area contributed by atoms with E-state index in [2.05, 4.69) is 6.92 Å². The minimum atomic E-state index is -0.417. The molecule has 0 saturated heterocycles. The third kappa shape index (κ3) is 2.21. The van der Waals surface area contributed by atoms with Gasteiger partial charge in [-0.2, -0.15) is 0 Å². The number of rotatable bonds is 2. The monoisotopic (exact) mass is 239 g/mol. The molecule has 1 fully saturated rings. The van der Waals surface area contributed by atoms with E-state index in [1.54, 1.807) is 6.92 Å². The van der Waals surface area contributed by atoms with E-state index in [1.165, 1.54) is 12.1 Å². The van der Waals surface area contributed by atoms with E-state index in [1.807, 2.05) is 0 Å². The van der Waals surface area contributed by atoms with Gasteiger partial charge in [0.25, 0.3) is 0 Å².